The molecule has 1 rings (SSSR count). The topological polar surface area (TPSA) is 12.0 Å². The van der Waals surface area contributed by atoms with E-state index in [1.165, 1.54) is 18.2 Å². The first-order valence-corrected chi connectivity index (χ1v) is 4.50. The van der Waals surface area contributed by atoms with Crippen molar-refractivity contribution in [2.45, 2.75) is 19.1 Å². The highest BCUT2D eigenvalue weighted by atomic mass is 19.4. The second-order valence-corrected chi connectivity index (χ2v) is 3.13. The first kappa shape index (κ1) is 12.0. The molecular weight excluding hydrogens is 210 g/mol. The Kier molecular flexibility index (Phi) is 4.08. The quantitative estimate of drug-likeness (QED) is 0.609. The summed E-state index contributed by atoms with van der Waals surface area (Å²) in [6.45, 7) is -0.0828. The fourth-order valence-corrected chi connectivity index (χ4v) is 1.09. The van der Waals surface area contributed by atoms with Crippen LogP contribution in [0.3, 0.4) is 0 Å². The number of hydrogen-bond donors (Lipinski definition) is 1. The molecule has 1 aromatic carbocycles. The summed E-state index contributed by atoms with van der Waals surface area (Å²) < 4.78 is 48.2. The van der Waals surface area contributed by atoms with E-state index in [9.17, 15) is 17.6 Å². The lowest BCUT2D eigenvalue weighted by Gasteiger charge is -2.08. The SMILES string of the molecule is Fc1ccccc1CNCCC(F)(F)F. The van der Waals surface area contributed by atoms with Crippen LogP contribution in [0.25, 0.3) is 0 Å². The maximum atomic E-state index is 13.0. The van der Waals surface area contributed by atoms with Crippen LogP contribution in [0.1, 0.15) is 12.0 Å². The molecule has 0 aliphatic carbocycles. The Morgan fingerprint density at radius 2 is 1.80 bits per heavy atom. The highest BCUT2D eigenvalue weighted by Crippen LogP contribution is 2.18. The molecule has 0 bridgehead atoms. The Morgan fingerprint density at radius 3 is 2.40 bits per heavy atom. The lowest BCUT2D eigenvalue weighted by Crippen LogP contribution is -2.21. The second-order valence-electron chi connectivity index (χ2n) is 3.13. The molecule has 0 aliphatic heterocycles. The first-order valence-electron chi connectivity index (χ1n) is 4.50. The first-order chi connectivity index (χ1) is 6.99. The van der Waals surface area contributed by atoms with E-state index >= 15 is 0 Å². The van der Waals surface area contributed by atoms with Crippen molar-refractivity contribution in [1.82, 2.24) is 5.32 Å². The minimum atomic E-state index is -4.16. The number of benzene rings is 1. The Hall–Kier alpha value is -1.10. The van der Waals surface area contributed by atoms with Crippen molar-refractivity contribution in [2.75, 3.05) is 6.54 Å². The van der Waals surface area contributed by atoms with E-state index in [1.54, 1.807) is 6.07 Å². The summed E-state index contributed by atoms with van der Waals surface area (Å²) in [7, 11) is 0. The minimum absolute atomic E-state index is 0.114. The minimum Gasteiger partial charge on any atom is -0.312 e. The van der Waals surface area contributed by atoms with Gasteiger partial charge in [-0.3, -0.25) is 0 Å². The van der Waals surface area contributed by atoms with Crippen molar-refractivity contribution in [3.63, 3.8) is 0 Å². The van der Waals surface area contributed by atoms with Gasteiger partial charge in [0.1, 0.15) is 5.82 Å². The summed E-state index contributed by atoms with van der Waals surface area (Å²) in [5.74, 6) is -0.406. The zero-order valence-electron chi connectivity index (χ0n) is 7.94. The molecule has 5 heteroatoms. The summed E-state index contributed by atoms with van der Waals surface area (Å²) in [6.07, 6.45) is -5.07. The number of nitrogens with one attached hydrogen (secondary N) is 1. The van der Waals surface area contributed by atoms with Crippen molar-refractivity contribution in [3.05, 3.63) is 35.6 Å². The Balaban J connectivity index is 2.30. The molecule has 0 fully saturated rings. The molecule has 1 N–H and O–H groups in total. The predicted octanol–water partition coefficient (Wildman–Crippen LogP) is 2.87. The Labute approximate surface area is 85.1 Å². The summed E-state index contributed by atoms with van der Waals surface area (Å²) >= 11 is 0. The van der Waals surface area contributed by atoms with Gasteiger partial charge >= 0.3 is 6.18 Å². The monoisotopic (exact) mass is 221 g/mol. The largest absolute Gasteiger partial charge is 0.390 e. The van der Waals surface area contributed by atoms with Crippen molar-refractivity contribution in [3.8, 4) is 0 Å². The summed E-state index contributed by atoms with van der Waals surface area (Å²) in [6, 6.07) is 6.00. The fourth-order valence-electron chi connectivity index (χ4n) is 1.09. The van der Waals surface area contributed by atoms with Gasteiger partial charge in [-0.1, -0.05) is 18.2 Å². The smallest absolute Gasteiger partial charge is 0.312 e. The molecule has 0 amide bonds. The molecule has 1 aromatic rings. The summed E-state index contributed by atoms with van der Waals surface area (Å²) in [5.41, 5.74) is 0.375. The lowest BCUT2D eigenvalue weighted by molar-refractivity contribution is -0.133. The highest BCUT2D eigenvalue weighted by Gasteiger charge is 2.25. The number of hydrogen-bond acceptors (Lipinski definition) is 1. The predicted molar refractivity (Wildman–Crippen MR) is 48.8 cm³/mol. The van der Waals surface area contributed by atoms with E-state index in [0.717, 1.165) is 0 Å². The third-order valence-corrected chi connectivity index (χ3v) is 1.86. The number of alkyl halides is 3. The van der Waals surface area contributed by atoms with Crippen molar-refractivity contribution < 1.29 is 17.6 Å². The van der Waals surface area contributed by atoms with Crippen LogP contribution in [-0.2, 0) is 6.54 Å². The third-order valence-electron chi connectivity index (χ3n) is 1.86. The number of rotatable bonds is 4. The van der Waals surface area contributed by atoms with Gasteiger partial charge in [0.2, 0.25) is 0 Å². The Bertz CT molecular complexity index is 309. The van der Waals surface area contributed by atoms with Gasteiger partial charge in [0.25, 0.3) is 0 Å². The van der Waals surface area contributed by atoms with Crippen LogP contribution in [0.15, 0.2) is 24.3 Å². The van der Waals surface area contributed by atoms with Gasteiger partial charge in [0.15, 0.2) is 0 Å². The highest BCUT2D eigenvalue weighted by molar-refractivity contribution is 5.16. The second kappa shape index (κ2) is 5.11. The van der Waals surface area contributed by atoms with Gasteiger partial charge in [-0.25, -0.2) is 4.39 Å². The molecule has 84 valence electrons. The Morgan fingerprint density at radius 1 is 1.13 bits per heavy atom. The molecule has 0 aliphatic rings. The van der Waals surface area contributed by atoms with Gasteiger partial charge < -0.3 is 5.32 Å². The number of halogens is 4. The van der Waals surface area contributed by atoms with Crippen LogP contribution < -0.4 is 5.32 Å². The molecular formula is C10H11F4N. The van der Waals surface area contributed by atoms with Crippen molar-refractivity contribution >= 4 is 0 Å². The van der Waals surface area contributed by atoms with E-state index in [0.29, 0.717) is 5.56 Å². The zero-order chi connectivity index (χ0) is 11.3. The van der Waals surface area contributed by atoms with Gasteiger partial charge in [0, 0.05) is 18.7 Å². The zero-order valence-corrected chi connectivity index (χ0v) is 7.94. The van der Waals surface area contributed by atoms with Crippen LogP contribution in [0.2, 0.25) is 0 Å². The van der Waals surface area contributed by atoms with E-state index in [1.807, 2.05) is 0 Å². The molecule has 0 heterocycles. The van der Waals surface area contributed by atoms with E-state index in [2.05, 4.69) is 5.32 Å². The molecule has 0 saturated heterocycles. The molecule has 0 aromatic heterocycles. The van der Waals surface area contributed by atoms with Crippen LogP contribution in [-0.4, -0.2) is 12.7 Å². The van der Waals surface area contributed by atoms with Crippen LogP contribution in [0.4, 0.5) is 17.6 Å². The third kappa shape index (κ3) is 4.78. The van der Waals surface area contributed by atoms with Crippen LogP contribution in [0, 0.1) is 5.82 Å². The standard InChI is InChI=1S/C10H11F4N/c11-9-4-2-1-3-8(9)7-15-6-5-10(12,13)14/h1-4,15H,5-7H2. The molecule has 0 unspecified atom stereocenters. The fraction of sp³-hybridized carbons (Fsp3) is 0.400. The average molecular weight is 221 g/mol. The van der Waals surface area contributed by atoms with Crippen molar-refractivity contribution in [1.29, 1.82) is 0 Å². The van der Waals surface area contributed by atoms with E-state index in [4.69, 9.17) is 0 Å². The molecule has 0 radical (unpaired) electrons. The maximum absolute atomic E-state index is 13.0. The van der Waals surface area contributed by atoms with Crippen LogP contribution in [0.5, 0.6) is 0 Å². The van der Waals surface area contributed by atoms with Gasteiger partial charge in [-0.15, -0.1) is 0 Å². The van der Waals surface area contributed by atoms with E-state index in [-0.39, 0.29) is 13.1 Å². The molecule has 0 atom stereocenters. The maximum Gasteiger partial charge on any atom is 0.390 e. The van der Waals surface area contributed by atoms with Gasteiger partial charge in [0.05, 0.1) is 6.42 Å². The van der Waals surface area contributed by atoms with Gasteiger partial charge in [-0.2, -0.15) is 13.2 Å². The molecule has 0 saturated carbocycles. The molecule has 1 nitrogen and oxygen atoms in total. The normalized spacial score (nSPS) is 11.7. The summed E-state index contributed by atoms with van der Waals surface area (Å²) in [5, 5.41) is 2.54. The van der Waals surface area contributed by atoms with Crippen LogP contribution >= 0.6 is 0 Å². The van der Waals surface area contributed by atoms with E-state index < -0.39 is 18.4 Å². The van der Waals surface area contributed by atoms with Crippen molar-refractivity contribution in [2.24, 2.45) is 0 Å². The molecule has 0 spiro atoms. The molecule has 15 heavy (non-hydrogen) atoms. The lowest BCUT2D eigenvalue weighted by atomic mass is 10.2. The average Bonchev–Trinajstić information content (AvgIpc) is 2.13. The van der Waals surface area contributed by atoms with Gasteiger partial charge in [-0.05, 0) is 6.07 Å². The summed E-state index contributed by atoms with van der Waals surface area (Å²) in [4.78, 5) is 0.